The van der Waals surface area contributed by atoms with E-state index in [0.29, 0.717) is 11.7 Å². The van der Waals surface area contributed by atoms with Gasteiger partial charge in [-0.1, -0.05) is 0 Å². The molecule has 0 spiro atoms. The molecule has 1 aromatic carbocycles. The molecule has 0 aromatic heterocycles. The summed E-state index contributed by atoms with van der Waals surface area (Å²) in [5, 5.41) is 0.404. The van der Waals surface area contributed by atoms with Crippen LogP contribution in [0.25, 0.3) is 0 Å². The zero-order chi connectivity index (χ0) is 13.4. The number of rotatable bonds is 8. The molecule has 0 aliphatic rings. The number of aryl methyl sites for hydroxylation is 1. The van der Waals surface area contributed by atoms with E-state index >= 15 is 0 Å². The number of hydrogen-bond acceptors (Lipinski definition) is 2. The van der Waals surface area contributed by atoms with E-state index in [0.717, 1.165) is 30.4 Å². The average Bonchev–Trinajstić information content (AvgIpc) is 2.37. The third kappa shape index (κ3) is 5.61. The van der Waals surface area contributed by atoms with Crippen molar-refractivity contribution < 1.29 is 9.59 Å². The average molecular weight is 311 g/mol. The number of hydrogen-bond donors (Lipinski definition) is 0. The maximum absolute atomic E-state index is 11.9. The summed E-state index contributed by atoms with van der Waals surface area (Å²) in [6, 6.07) is 7.55. The van der Waals surface area contributed by atoms with Crippen molar-refractivity contribution in [3.05, 3.63) is 35.4 Å². The second-order valence-electron chi connectivity index (χ2n) is 4.41. The van der Waals surface area contributed by atoms with Gasteiger partial charge in [0.25, 0.3) is 0 Å². The van der Waals surface area contributed by atoms with Gasteiger partial charge in [0.05, 0.1) is 0 Å². The summed E-state index contributed by atoms with van der Waals surface area (Å²) in [5.41, 5.74) is 1.87. The van der Waals surface area contributed by atoms with Crippen LogP contribution in [0.4, 0.5) is 0 Å². The number of Topliss-reactive ketones (excluding diaryl/α,β-unsaturated/α-hetero) is 1. The molecule has 0 aliphatic heterocycles. The zero-order valence-electron chi connectivity index (χ0n) is 11.1. The van der Waals surface area contributed by atoms with Crippen LogP contribution in [0, 0.1) is 6.92 Å². The van der Waals surface area contributed by atoms with Gasteiger partial charge in [-0.2, -0.15) is 0 Å². The fraction of sp³-hybridized carbons (Fsp3) is 0.467. The third-order valence-corrected chi connectivity index (χ3v) is 4.68. The third-order valence-electron chi connectivity index (χ3n) is 2.72. The van der Waals surface area contributed by atoms with E-state index in [-0.39, 0.29) is 25.4 Å². The molecule has 0 bridgehead atoms. The Morgan fingerprint density at radius 1 is 1.11 bits per heavy atom. The van der Waals surface area contributed by atoms with E-state index in [9.17, 15) is 9.59 Å². The molecule has 2 nitrogen and oxygen atoms in total. The van der Waals surface area contributed by atoms with Gasteiger partial charge in [-0.15, -0.1) is 0 Å². The molecule has 3 heteroatoms. The first-order chi connectivity index (χ1) is 8.63. The number of ketones is 1. The number of carbonyl (C=O) groups is 2. The molecular formula is C15H20O2Se. The Bertz CT molecular complexity index is 395. The summed E-state index contributed by atoms with van der Waals surface area (Å²) in [4.78, 5) is 23.4. The van der Waals surface area contributed by atoms with Crippen molar-refractivity contribution in [2.24, 2.45) is 0 Å². The number of benzene rings is 1. The Morgan fingerprint density at radius 3 is 2.39 bits per heavy atom. The topological polar surface area (TPSA) is 34.1 Å². The zero-order valence-corrected chi connectivity index (χ0v) is 12.8. The molecule has 1 rings (SSSR count). The molecule has 0 saturated heterocycles. The summed E-state index contributed by atoms with van der Waals surface area (Å²) in [7, 11) is 0. The van der Waals surface area contributed by atoms with E-state index in [1.165, 1.54) is 0 Å². The fourth-order valence-corrected chi connectivity index (χ4v) is 3.13. The van der Waals surface area contributed by atoms with Crippen molar-refractivity contribution in [1.29, 1.82) is 0 Å². The first-order valence-corrected chi connectivity index (χ1v) is 8.45. The van der Waals surface area contributed by atoms with Crippen molar-refractivity contribution in [2.75, 3.05) is 0 Å². The van der Waals surface area contributed by atoms with Crippen LogP contribution in [0.3, 0.4) is 0 Å². The summed E-state index contributed by atoms with van der Waals surface area (Å²) >= 11 is -0.185. The SMILES string of the molecule is CCCCCC(=O)[Se]CC(=O)c1ccc(C)cc1. The monoisotopic (exact) mass is 312 g/mol. The van der Waals surface area contributed by atoms with Gasteiger partial charge in [0.1, 0.15) is 0 Å². The van der Waals surface area contributed by atoms with Crippen LogP contribution in [0.2, 0.25) is 5.32 Å². The van der Waals surface area contributed by atoms with Gasteiger partial charge in [0.15, 0.2) is 0 Å². The van der Waals surface area contributed by atoms with E-state index in [4.69, 9.17) is 0 Å². The summed E-state index contributed by atoms with van der Waals surface area (Å²) in [6.45, 7) is 4.12. The summed E-state index contributed by atoms with van der Waals surface area (Å²) in [6.07, 6.45) is 3.85. The second kappa shape index (κ2) is 8.23. The van der Waals surface area contributed by atoms with E-state index in [2.05, 4.69) is 6.92 Å². The minimum absolute atomic E-state index is 0.0961. The molecule has 0 unspecified atom stereocenters. The molecule has 0 atom stereocenters. The first-order valence-electron chi connectivity index (χ1n) is 6.39. The quantitative estimate of drug-likeness (QED) is 0.419. The summed E-state index contributed by atoms with van der Waals surface area (Å²) in [5.74, 6) is 0.0961. The van der Waals surface area contributed by atoms with Crippen molar-refractivity contribution in [3.63, 3.8) is 0 Å². The van der Waals surface area contributed by atoms with Crippen LogP contribution < -0.4 is 0 Å². The Hall–Kier alpha value is -0.921. The van der Waals surface area contributed by atoms with Gasteiger partial charge in [0, 0.05) is 0 Å². The van der Waals surface area contributed by atoms with Crippen LogP contribution in [0.1, 0.15) is 48.5 Å². The Balaban J connectivity index is 2.32. The molecule has 0 fully saturated rings. The normalized spacial score (nSPS) is 10.3. The minimum atomic E-state index is -0.185. The van der Waals surface area contributed by atoms with Crippen LogP contribution in [0.15, 0.2) is 24.3 Å². The number of unbranched alkanes of at least 4 members (excludes halogenated alkanes) is 2. The van der Waals surface area contributed by atoms with Crippen molar-refractivity contribution in [1.82, 2.24) is 0 Å². The van der Waals surface area contributed by atoms with Gasteiger partial charge in [0.2, 0.25) is 0 Å². The molecule has 18 heavy (non-hydrogen) atoms. The maximum atomic E-state index is 11.9. The van der Waals surface area contributed by atoms with Gasteiger partial charge < -0.3 is 0 Å². The van der Waals surface area contributed by atoms with Crippen molar-refractivity contribution in [3.8, 4) is 0 Å². The molecular weight excluding hydrogens is 291 g/mol. The van der Waals surface area contributed by atoms with Crippen LogP contribution in [0.5, 0.6) is 0 Å². The predicted octanol–water partition coefficient (Wildman–Crippen LogP) is 3.41. The van der Waals surface area contributed by atoms with Gasteiger partial charge >= 0.3 is 115 Å². The van der Waals surface area contributed by atoms with Crippen molar-refractivity contribution >= 4 is 25.4 Å². The van der Waals surface area contributed by atoms with Crippen LogP contribution >= 0.6 is 0 Å². The molecule has 0 aliphatic carbocycles. The fourth-order valence-electron chi connectivity index (χ4n) is 1.56. The molecule has 0 saturated carbocycles. The molecule has 98 valence electrons. The number of carbonyl (C=O) groups excluding carboxylic acids is 2. The Kier molecular flexibility index (Phi) is 6.92. The standard InChI is InChI=1S/C15H20O2Se/c1-3-4-5-6-15(17)18-11-14(16)13-9-7-12(2)8-10-13/h7-10H,3-6,11H2,1-2H3. The van der Waals surface area contributed by atoms with E-state index < -0.39 is 0 Å². The molecule has 1 aromatic rings. The molecule has 0 N–H and O–H groups in total. The molecule has 0 amide bonds. The van der Waals surface area contributed by atoms with Crippen LogP contribution in [-0.4, -0.2) is 25.4 Å². The Morgan fingerprint density at radius 2 is 1.78 bits per heavy atom. The van der Waals surface area contributed by atoms with E-state index in [1.54, 1.807) is 0 Å². The van der Waals surface area contributed by atoms with Gasteiger partial charge in [-0.05, 0) is 0 Å². The summed E-state index contributed by atoms with van der Waals surface area (Å²) < 4.78 is 0.274. The molecule has 0 radical (unpaired) electrons. The Labute approximate surface area is 115 Å². The second-order valence-corrected chi connectivity index (χ2v) is 6.57. The van der Waals surface area contributed by atoms with Gasteiger partial charge in [-0.25, -0.2) is 0 Å². The predicted molar refractivity (Wildman–Crippen MR) is 75.2 cm³/mol. The van der Waals surface area contributed by atoms with Crippen LogP contribution in [-0.2, 0) is 4.79 Å². The van der Waals surface area contributed by atoms with Crippen molar-refractivity contribution in [2.45, 2.75) is 44.9 Å². The first kappa shape index (κ1) is 15.1. The van der Waals surface area contributed by atoms with E-state index in [1.807, 2.05) is 31.2 Å². The van der Waals surface area contributed by atoms with Gasteiger partial charge in [-0.3, -0.25) is 0 Å². The molecule has 0 heterocycles.